The predicted molar refractivity (Wildman–Crippen MR) is 105 cm³/mol. The van der Waals surface area contributed by atoms with E-state index in [-0.39, 0.29) is 5.91 Å². The minimum Gasteiger partial charge on any atom is -0.324 e. The van der Waals surface area contributed by atoms with Gasteiger partial charge in [-0.25, -0.2) is 9.97 Å². The zero-order valence-corrected chi connectivity index (χ0v) is 15.2. The van der Waals surface area contributed by atoms with Crippen molar-refractivity contribution in [1.82, 2.24) is 9.97 Å². The number of benzene rings is 2. The Morgan fingerprint density at radius 1 is 0.923 bits per heavy atom. The van der Waals surface area contributed by atoms with Gasteiger partial charge in [0.1, 0.15) is 0 Å². The Labute approximate surface area is 153 Å². The van der Waals surface area contributed by atoms with Crippen molar-refractivity contribution in [1.29, 1.82) is 0 Å². The maximum atomic E-state index is 12.3. The summed E-state index contributed by atoms with van der Waals surface area (Å²) >= 11 is 0. The van der Waals surface area contributed by atoms with E-state index < -0.39 is 0 Å². The zero-order chi connectivity index (χ0) is 18.5. The fraction of sp³-hybridized carbons (Fsp3) is 0.190. The van der Waals surface area contributed by atoms with E-state index in [0.29, 0.717) is 11.5 Å². The van der Waals surface area contributed by atoms with Gasteiger partial charge in [0.15, 0.2) is 0 Å². The number of anilines is 3. The van der Waals surface area contributed by atoms with E-state index in [2.05, 4.69) is 33.6 Å². The molecule has 5 nitrogen and oxygen atoms in total. The number of hydrogen-bond donors (Lipinski definition) is 2. The molecule has 0 fully saturated rings. The van der Waals surface area contributed by atoms with E-state index in [1.165, 1.54) is 18.0 Å². The molecule has 0 saturated carbocycles. The van der Waals surface area contributed by atoms with Crippen molar-refractivity contribution in [2.75, 3.05) is 10.6 Å². The maximum absolute atomic E-state index is 12.3. The third-order valence-electron chi connectivity index (χ3n) is 4.01. The summed E-state index contributed by atoms with van der Waals surface area (Å²) in [6.07, 6.45) is 4.01. The first-order chi connectivity index (χ1) is 12.5. The molecule has 0 atom stereocenters. The molecule has 1 heterocycles. The van der Waals surface area contributed by atoms with Gasteiger partial charge in [0.05, 0.1) is 5.56 Å². The molecule has 3 aromatic rings. The van der Waals surface area contributed by atoms with Crippen molar-refractivity contribution in [3.63, 3.8) is 0 Å². The zero-order valence-electron chi connectivity index (χ0n) is 15.2. The second-order valence-corrected chi connectivity index (χ2v) is 6.30. The van der Waals surface area contributed by atoms with Gasteiger partial charge in [-0.1, -0.05) is 25.1 Å². The molecular formula is C21H22N4O. The van der Waals surface area contributed by atoms with Crippen LogP contribution in [0.25, 0.3) is 0 Å². The first kappa shape index (κ1) is 17.6. The van der Waals surface area contributed by atoms with Crippen molar-refractivity contribution in [2.45, 2.75) is 27.2 Å². The Morgan fingerprint density at radius 3 is 2.12 bits per heavy atom. The van der Waals surface area contributed by atoms with E-state index >= 15 is 0 Å². The molecule has 26 heavy (non-hydrogen) atoms. The highest BCUT2D eigenvalue weighted by Gasteiger charge is 2.08. The second-order valence-electron chi connectivity index (χ2n) is 6.30. The molecule has 0 aliphatic rings. The van der Waals surface area contributed by atoms with Crippen LogP contribution in [0.3, 0.4) is 0 Å². The first-order valence-electron chi connectivity index (χ1n) is 8.61. The molecule has 3 rings (SSSR count). The molecule has 0 saturated heterocycles. The summed E-state index contributed by atoms with van der Waals surface area (Å²) in [7, 11) is 0. The number of nitrogens with zero attached hydrogens (tertiary/aromatic N) is 2. The second kappa shape index (κ2) is 7.78. The Hall–Kier alpha value is -3.21. The maximum Gasteiger partial charge on any atom is 0.258 e. The number of aromatic nitrogens is 2. The van der Waals surface area contributed by atoms with Gasteiger partial charge in [-0.05, 0) is 61.2 Å². The lowest BCUT2D eigenvalue weighted by atomic mass is 10.1. The molecule has 1 aromatic heterocycles. The van der Waals surface area contributed by atoms with Crippen LogP contribution in [0.15, 0.2) is 54.9 Å². The predicted octanol–water partition coefficient (Wildman–Crippen LogP) is 4.65. The van der Waals surface area contributed by atoms with E-state index in [4.69, 9.17) is 0 Å². The van der Waals surface area contributed by atoms with Crippen molar-refractivity contribution in [3.8, 4) is 0 Å². The van der Waals surface area contributed by atoms with Gasteiger partial charge in [-0.3, -0.25) is 4.79 Å². The van der Waals surface area contributed by atoms with Gasteiger partial charge in [-0.15, -0.1) is 0 Å². The summed E-state index contributed by atoms with van der Waals surface area (Å²) in [4.78, 5) is 20.8. The molecule has 0 bridgehead atoms. The summed E-state index contributed by atoms with van der Waals surface area (Å²) in [5.74, 6) is 0.228. The highest BCUT2D eigenvalue weighted by Crippen LogP contribution is 2.17. The van der Waals surface area contributed by atoms with Crippen LogP contribution < -0.4 is 10.6 Å². The Kier molecular flexibility index (Phi) is 5.27. The molecule has 132 valence electrons. The minimum atomic E-state index is -0.229. The number of carbonyl (C=O) groups excluding carboxylic acids is 1. The summed E-state index contributed by atoms with van der Waals surface area (Å²) in [5, 5.41) is 6.01. The third kappa shape index (κ3) is 4.45. The van der Waals surface area contributed by atoms with E-state index in [0.717, 1.165) is 28.9 Å². The topological polar surface area (TPSA) is 66.9 Å². The van der Waals surface area contributed by atoms with Crippen LogP contribution in [-0.4, -0.2) is 15.9 Å². The van der Waals surface area contributed by atoms with Crippen molar-refractivity contribution in [3.05, 3.63) is 77.1 Å². The van der Waals surface area contributed by atoms with Crippen LogP contribution in [0.4, 0.5) is 17.3 Å². The Bertz CT molecular complexity index is 882. The summed E-state index contributed by atoms with van der Waals surface area (Å²) in [6.45, 7) is 6.18. The highest BCUT2D eigenvalue weighted by molar-refractivity contribution is 6.03. The smallest absolute Gasteiger partial charge is 0.258 e. The number of carbonyl (C=O) groups is 1. The summed E-state index contributed by atoms with van der Waals surface area (Å²) in [5.41, 5.74) is 5.65. The van der Waals surface area contributed by atoms with E-state index in [1.807, 2.05) is 50.2 Å². The number of hydrogen-bond acceptors (Lipinski definition) is 4. The van der Waals surface area contributed by atoms with Crippen molar-refractivity contribution < 1.29 is 4.79 Å². The van der Waals surface area contributed by atoms with Crippen LogP contribution >= 0.6 is 0 Å². The molecule has 0 radical (unpaired) electrons. The average Bonchev–Trinajstić information content (AvgIpc) is 2.62. The largest absolute Gasteiger partial charge is 0.324 e. The first-order valence-corrected chi connectivity index (χ1v) is 8.61. The van der Waals surface area contributed by atoms with Gasteiger partial charge < -0.3 is 10.6 Å². The molecule has 1 amide bonds. The van der Waals surface area contributed by atoms with Crippen LogP contribution in [0.5, 0.6) is 0 Å². The van der Waals surface area contributed by atoms with Gasteiger partial charge in [-0.2, -0.15) is 0 Å². The fourth-order valence-electron chi connectivity index (χ4n) is 2.71. The SMILES string of the molecule is CCc1ccc(NC(=O)c2cnc(Nc3cc(C)cc(C)c3)nc2)cc1. The fourth-order valence-corrected chi connectivity index (χ4v) is 2.71. The van der Waals surface area contributed by atoms with Crippen molar-refractivity contribution in [2.24, 2.45) is 0 Å². The molecule has 2 aromatic carbocycles. The average molecular weight is 346 g/mol. The quantitative estimate of drug-likeness (QED) is 0.705. The standard InChI is InChI=1S/C21H22N4O/c1-4-16-5-7-18(8-6-16)24-20(26)17-12-22-21(23-13-17)25-19-10-14(2)9-15(3)11-19/h5-13H,4H2,1-3H3,(H,24,26)(H,22,23,25). The molecule has 5 heteroatoms. The molecular weight excluding hydrogens is 324 g/mol. The molecule has 0 aliphatic heterocycles. The lowest BCUT2D eigenvalue weighted by molar-refractivity contribution is 0.102. The highest BCUT2D eigenvalue weighted by atomic mass is 16.1. The van der Waals surface area contributed by atoms with Crippen LogP contribution in [0.2, 0.25) is 0 Å². The molecule has 0 spiro atoms. The molecule has 0 unspecified atom stereocenters. The van der Waals surface area contributed by atoms with Crippen LogP contribution in [0.1, 0.15) is 34.0 Å². The van der Waals surface area contributed by atoms with Crippen molar-refractivity contribution >= 4 is 23.2 Å². The third-order valence-corrected chi connectivity index (χ3v) is 4.01. The minimum absolute atomic E-state index is 0.229. The van der Waals surface area contributed by atoms with E-state index in [9.17, 15) is 4.79 Å². The van der Waals surface area contributed by atoms with E-state index in [1.54, 1.807) is 0 Å². The number of rotatable bonds is 5. The van der Waals surface area contributed by atoms with Crippen LogP contribution in [-0.2, 0) is 6.42 Å². The van der Waals surface area contributed by atoms with Gasteiger partial charge >= 0.3 is 0 Å². The van der Waals surface area contributed by atoms with Crippen LogP contribution in [0, 0.1) is 13.8 Å². The molecule has 0 aliphatic carbocycles. The Morgan fingerprint density at radius 2 is 1.54 bits per heavy atom. The van der Waals surface area contributed by atoms with Gasteiger partial charge in [0.25, 0.3) is 5.91 Å². The summed E-state index contributed by atoms with van der Waals surface area (Å²) < 4.78 is 0. The monoisotopic (exact) mass is 346 g/mol. The van der Waals surface area contributed by atoms with Gasteiger partial charge in [0.2, 0.25) is 5.95 Å². The summed E-state index contributed by atoms with van der Waals surface area (Å²) in [6, 6.07) is 14.0. The molecule has 2 N–H and O–H groups in total. The number of nitrogens with one attached hydrogen (secondary N) is 2. The lowest BCUT2D eigenvalue weighted by Crippen LogP contribution is -2.13. The number of aryl methyl sites for hydroxylation is 3. The van der Waals surface area contributed by atoms with Gasteiger partial charge in [0, 0.05) is 23.8 Å². The number of amides is 1. The normalized spacial score (nSPS) is 10.4. The Balaban J connectivity index is 1.67. The lowest BCUT2D eigenvalue weighted by Gasteiger charge is -2.08.